The third-order valence-corrected chi connectivity index (χ3v) is 3.80. The van der Waals surface area contributed by atoms with Crippen molar-refractivity contribution >= 4 is 12.0 Å². The van der Waals surface area contributed by atoms with Crippen LogP contribution in [-0.2, 0) is 9.53 Å². The highest BCUT2D eigenvalue weighted by molar-refractivity contribution is 5.81. The van der Waals surface area contributed by atoms with Gasteiger partial charge in [0.15, 0.2) is 0 Å². The minimum absolute atomic E-state index is 0.104. The summed E-state index contributed by atoms with van der Waals surface area (Å²) in [6, 6.07) is -0.458. The molecule has 1 heterocycles. The van der Waals surface area contributed by atoms with E-state index in [9.17, 15) is 9.59 Å². The number of nitrogens with one attached hydrogen (secondary N) is 1. The van der Waals surface area contributed by atoms with E-state index in [1.165, 1.54) is 0 Å². The number of nitrogens with two attached hydrogens (primary N) is 1. The summed E-state index contributed by atoms with van der Waals surface area (Å²) >= 11 is 0. The Morgan fingerprint density at radius 1 is 1.35 bits per heavy atom. The lowest BCUT2D eigenvalue weighted by atomic mass is 9.98. The number of rotatable bonds is 5. The summed E-state index contributed by atoms with van der Waals surface area (Å²) < 4.78 is 5.41. The molecule has 0 spiro atoms. The third kappa shape index (κ3) is 7.68. The van der Waals surface area contributed by atoms with E-state index in [1.54, 1.807) is 4.90 Å². The predicted octanol–water partition coefficient (Wildman–Crippen LogP) is 2.12. The maximum atomic E-state index is 12.1. The molecule has 1 aliphatic rings. The molecule has 1 saturated heterocycles. The molecule has 1 aliphatic heterocycles. The summed E-state index contributed by atoms with van der Waals surface area (Å²) in [6.45, 7) is 11.6. The molecule has 0 aromatic carbocycles. The van der Waals surface area contributed by atoms with Crippen molar-refractivity contribution in [3.8, 4) is 0 Å². The molecule has 0 aromatic rings. The number of hydrogen-bond donors (Lipinski definition) is 2. The molecule has 0 saturated carbocycles. The van der Waals surface area contributed by atoms with Crippen molar-refractivity contribution in [2.24, 2.45) is 17.6 Å². The minimum atomic E-state index is -0.484. The standard InChI is InChI=1S/C17H33N3O3/c1-12(2)9-14(18)15(21)19-10-13-7-6-8-20(11-13)16(22)23-17(3,4)5/h12-14H,6-11,18H2,1-5H3,(H,19,21)/t13?,14-/m0/s1. The van der Waals surface area contributed by atoms with Gasteiger partial charge in [0.05, 0.1) is 6.04 Å². The molecule has 134 valence electrons. The summed E-state index contributed by atoms with van der Waals surface area (Å²) in [6.07, 6.45) is 2.34. The predicted molar refractivity (Wildman–Crippen MR) is 91.0 cm³/mol. The fraction of sp³-hybridized carbons (Fsp3) is 0.882. The zero-order valence-electron chi connectivity index (χ0n) is 15.2. The SMILES string of the molecule is CC(C)C[C@H](N)C(=O)NCC1CCCN(C(=O)OC(C)(C)C)C1. The smallest absolute Gasteiger partial charge is 0.410 e. The van der Waals surface area contributed by atoms with Gasteiger partial charge >= 0.3 is 6.09 Å². The molecule has 2 amide bonds. The average molecular weight is 327 g/mol. The highest BCUT2D eigenvalue weighted by atomic mass is 16.6. The highest BCUT2D eigenvalue weighted by Crippen LogP contribution is 2.19. The molecule has 0 aliphatic carbocycles. The van der Waals surface area contributed by atoms with Crippen LogP contribution in [0.15, 0.2) is 0 Å². The molecule has 6 heteroatoms. The van der Waals surface area contributed by atoms with E-state index in [-0.39, 0.29) is 17.9 Å². The van der Waals surface area contributed by atoms with Crippen LogP contribution in [0.2, 0.25) is 0 Å². The molecule has 6 nitrogen and oxygen atoms in total. The molecule has 1 unspecified atom stereocenters. The Hall–Kier alpha value is -1.30. The number of nitrogens with zero attached hydrogens (tertiary/aromatic N) is 1. The van der Waals surface area contributed by atoms with Crippen molar-refractivity contribution in [2.75, 3.05) is 19.6 Å². The molecular formula is C17H33N3O3. The van der Waals surface area contributed by atoms with Gasteiger partial charge in [-0.15, -0.1) is 0 Å². The number of hydrogen-bond acceptors (Lipinski definition) is 4. The Morgan fingerprint density at radius 2 is 2.00 bits per heavy atom. The Kier molecular flexibility index (Phi) is 7.32. The molecule has 0 radical (unpaired) electrons. The summed E-state index contributed by atoms with van der Waals surface area (Å²) in [5, 5.41) is 2.92. The summed E-state index contributed by atoms with van der Waals surface area (Å²) in [5.41, 5.74) is 5.40. The van der Waals surface area contributed by atoms with E-state index in [4.69, 9.17) is 10.5 Å². The number of amides is 2. The lowest BCUT2D eigenvalue weighted by Gasteiger charge is -2.34. The minimum Gasteiger partial charge on any atom is -0.444 e. The first kappa shape index (κ1) is 19.7. The Balaban J connectivity index is 2.41. The molecule has 0 bridgehead atoms. The van der Waals surface area contributed by atoms with Gasteiger partial charge in [-0.05, 0) is 51.9 Å². The number of piperidine rings is 1. The summed E-state index contributed by atoms with van der Waals surface area (Å²) in [4.78, 5) is 25.8. The zero-order valence-corrected chi connectivity index (χ0v) is 15.2. The summed E-state index contributed by atoms with van der Waals surface area (Å²) in [5.74, 6) is 0.549. The molecular weight excluding hydrogens is 294 g/mol. The fourth-order valence-corrected chi connectivity index (χ4v) is 2.71. The van der Waals surface area contributed by atoms with Crippen molar-refractivity contribution in [1.82, 2.24) is 10.2 Å². The topological polar surface area (TPSA) is 84.7 Å². The van der Waals surface area contributed by atoms with Crippen molar-refractivity contribution in [3.63, 3.8) is 0 Å². The molecule has 2 atom stereocenters. The third-order valence-electron chi connectivity index (χ3n) is 3.80. The lowest BCUT2D eigenvalue weighted by Crippen LogP contribution is -2.48. The van der Waals surface area contributed by atoms with E-state index >= 15 is 0 Å². The van der Waals surface area contributed by atoms with Crippen LogP contribution in [0.1, 0.15) is 53.9 Å². The van der Waals surface area contributed by atoms with E-state index < -0.39 is 11.6 Å². The zero-order chi connectivity index (χ0) is 17.6. The normalized spacial score (nSPS) is 20.3. The van der Waals surface area contributed by atoms with Gasteiger partial charge in [0.2, 0.25) is 5.91 Å². The molecule has 0 aromatic heterocycles. The maximum absolute atomic E-state index is 12.1. The quantitative estimate of drug-likeness (QED) is 0.810. The van der Waals surface area contributed by atoms with Crippen LogP contribution in [0, 0.1) is 11.8 Å². The maximum Gasteiger partial charge on any atom is 0.410 e. The summed E-state index contributed by atoms with van der Waals surface area (Å²) in [7, 11) is 0. The van der Waals surface area contributed by atoms with Crippen molar-refractivity contribution in [1.29, 1.82) is 0 Å². The Labute approximate surface area is 140 Å². The van der Waals surface area contributed by atoms with E-state index in [1.807, 2.05) is 34.6 Å². The van der Waals surface area contributed by atoms with Gasteiger partial charge < -0.3 is 20.7 Å². The number of carbonyl (C=O) groups is 2. The number of carbonyl (C=O) groups excluding carboxylic acids is 2. The van der Waals surface area contributed by atoms with Crippen molar-refractivity contribution in [3.05, 3.63) is 0 Å². The second-order valence-corrected chi connectivity index (χ2v) is 7.92. The van der Waals surface area contributed by atoms with Crippen LogP contribution in [0.4, 0.5) is 4.79 Å². The number of likely N-dealkylation sites (tertiary alicyclic amines) is 1. The van der Waals surface area contributed by atoms with Gasteiger partial charge in [-0.1, -0.05) is 13.8 Å². The molecule has 3 N–H and O–H groups in total. The van der Waals surface area contributed by atoms with Crippen LogP contribution < -0.4 is 11.1 Å². The lowest BCUT2D eigenvalue weighted by molar-refractivity contribution is -0.122. The van der Waals surface area contributed by atoms with E-state index in [0.717, 1.165) is 12.8 Å². The molecule has 23 heavy (non-hydrogen) atoms. The van der Waals surface area contributed by atoms with Gasteiger partial charge in [0, 0.05) is 19.6 Å². The van der Waals surface area contributed by atoms with Crippen molar-refractivity contribution < 1.29 is 14.3 Å². The average Bonchev–Trinajstić information content (AvgIpc) is 2.42. The fourth-order valence-electron chi connectivity index (χ4n) is 2.71. The van der Waals surface area contributed by atoms with Crippen LogP contribution >= 0.6 is 0 Å². The monoisotopic (exact) mass is 327 g/mol. The molecule has 1 rings (SSSR count). The second-order valence-electron chi connectivity index (χ2n) is 7.92. The van der Waals surface area contributed by atoms with E-state index in [2.05, 4.69) is 5.32 Å². The highest BCUT2D eigenvalue weighted by Gasteiger charge is 2.28. The van der Waals surface area contributed by atoms with Gasteiger partial charge in [0.1, 0.15) is 5.60 Å². The first-order valence-corrected chi connectivity index (χ1v) is 8.59. The first-order valence-electron chi connectivity index (χ1n) is 8.59. The van der Waals surface area contributed by atoms with Crippen LogP contribution in [0.25, 0.3) is 0 Å². The van der Waals surface area contributed by atoms with Gasteiger partial charge in [-0.3, -0.25) is 4.79 Å². The van der Waals surface area contributed by atoms with Crippen molar-refractivity contribution in [2.45, 2.75) is 65.5 Å². The van der Waals surface area contributed by atoms with Gasteiger partial charge in [-0.25, -0.2) is 4.79 Å². The largest absolute Gasteiger partial charge is 0.444 e. The van der Waals surface area contributed by atoms with E-state index in [0.29, 0.717) is 32.0 Å². The van der Waals surface area contributed by atoms with Crippen LogP contribution in [-0.4, -0.2) is 48.2 Å². The van der Waals surface area contributed by atoms with Gasteiger partial charge in [-0.2, -0.15) is 0 Å². The van der Waals surface area contributed by atoms with Crippen LogP contribution in [0.5, 0.6) is 0 Å². The molecule has 1 fully saturated rings. The number of ether oxygens (including phenoxy) is 1. The first-order chi connectivity index (χ1) is 10.6. The van der Waals surface area contributed by atoms with Gasteiger partial charge in [0.25, 0.3) is 0 Å². The Morgan fingerprint density at radius 3 is 2.57 bits per heavy atom. The van der Waals surface area contributed by atoms with Crippen LogP contribution in [0.3, 0.4) is 0 Å². The Bertz CT molecular complexity index is 404. The second kappa shape index (κ2) is 8.52.